The molecular formula is C13H16BNO4. The predicted molar refractivity (Wildman–Crippen MR) is 74.3 cm³/mol. The Kier molecular flexibility index (Phi) is 5.69. The highest BCUT2D eigenvalue weighted by molar-refractivity contribution is 6.51. The molecule has 100 valence electrons. The predicted octanol–water partition coefficient (Wildman–Crippen LogP) is 0.876. The van der Waals surface area contributed by atoms with Crippen LogP contribution in [0.1, 0.15) is 5.56 Å². The van der Waals surface area contributed by atoms with Gasteiger partial charge in [-0.25, -0.2) is 0 Å². The quantitative estimate of drug-likeness (QED) is 0.604. The molecule has 0 radical (unpaired) electrons. The topological polar surface area (TPSA) is 104 Å². The van der Waals surface area contributed by atoms with Crippen molar-refractivity contribution in [2.45, 2.75) is 12.5 Å². The zero-order valence-electron chi connectivity index (χ0n) is 10.4. The zero-order chi connectivity index (χ0) is 14.3. The number of allylic oxidation sites excluding steroid dienone is 1. The van der Waals surface area contributed by atoms with Crippen molar-refractivity contribution >= 4 is 13.2 Å². The summed E-state index contributed by atoms with van der Waals surface area (Å²) in [5.74, 6) is 0.740. The molecule has 5 N–H and O–H groups in total. The summed E-state index contributed by atoms with van der Waals surface area (Å²) in [5.41, 5.74) is 6.37. The van der Waals surface area contributed by atoms with Crippen LogP contribution < -0.4 is 5.73 Å². The Bertz CT molecular complexity index is 485. The van der Waals surface area contributed by atoms with E-state index in [1.165, 1.54) is 6.08 Å². The van der Waals surface area contributed by atoms with E-state index in [2.05, 4.69) is 0 Å². The van der Waals surface area contributed by atoms with Crippen LogP contribution in [0.5, 0.6) is 0 Å². The van der Waals surface area contributed by atoms with Crippen molar-refractivity contribution in [1.82, 2.24) is 0 Å². The summed E-state index contributed by atoms with van der Waals surface area (Å²) in [7, 11) is 0.478. The van der Waals surface area contributed by atoms with Crippen molar-refractivity contribution in [1.29, 1.82) is 0 Å². The van der Waals surface area contributed by atoms with Gasteiger partial charge in [0.15, 0.2) is 0 Å². The van der Waals surface area contributed by atoms with Crippen molar-refractivity contribution in [2.24, 2.45) is 5.73 Å². The Labute approximate surface area is 111 Å². The van der Waals surface area contributed by atoms with E-state index in [1.807, 2.05) is 30.3 Å². The molecule has 0 saturated heterocycles. The van der Waals surface area contributed by atoms with E-state index in [0.29, 0.717) is 13.7 Å². The number of nitrogens with two attached hydrogens (primary N) is 1. The van der Waals surface area contributed by atoms with Crippen molar-refractivity contribution in [3.63, 3.8) is 0 Å². The van der Waals surface area contributed by atoms with Gasteiger partial charge in [0.05, 0.1) is 5.66 Å². The Morgan fingerprint density at radius 2 is 1.89 bits per heavy atom. The largest absolute Gasteiger partial charge is 0.519 e. The first-order valence-corrected chi connectivity index (χ1v) is 5.80. The molecule has 1 aromatic rings. The van der Waals surface area contributed by atoms with Crippen molar-refractivity contribution in [2.75, 3.05) is 0 Å². The molecule has 0 aromatic heterocycles. The number of aliphatic hydroxyl groups is 2. The number of aliphatic carboxylic acids is 1. The molecular weight excluding hydrogens is 245 g/mol. The van der Waals surface area contributed by atoms with Gasteiger partial charge in [-0.1, -0.05) is 30.3 Å². The van der Waals surface area contributed by atoms with Crippen LogP contribution in [-0.4, -0.2) is 34.6 Å². The summed E-state index contributed by atoms with van der Waals surface area (Å²) in [5, 5.41) is 25.6. The van der Waals surface area contributed by atoms with Gasteiger partial charge in [-0.05, 0) is 18.1 Å². The molecule has 0 bridgehead atoms. The number of hydrogen-bond donors (Lipinski definition) is 4. The maximum absolute atomic E-state index is 10.4. The normalized spacial score (nSPS) is 14.4. The average molecular weight is 261 g/mol. The average Bonchev–Trinajstić information content (AvgIpc) is 2.75. The number of rotatable bonds is 3. The van der Waals surface area contributed by atoms with E-state index in [4.69, 9.17) is 21.1 Å². The van der Waals surface area contributed by atoms with Gasteiger partial charge in [-0.3, -0.25) is 4.79 Å². The van der Waals surface area contributed by atoms with Gasteiger partial charge in [0, 0.05) is 0 Å². The van der Waals surface area contributed by atoms with Crippen LogP contribution in [0, 0.1) is 0 Å². The van der Waals surface area contributed by atoms with Gasteiger partial charge in [-0.2, -0.15) is 0 Å². The number of hydrogen-bond acceptors (Lipinski definition) is 4. The molecule has 1 aliphatic heterocycles. The van der Waals surface area contributed by atoms with Gasteiger partial charge in [-0.15, -0.1) is 5.98 Å². The third-order valence-electron chi connectivity index (χ3n) is 2.50. The Morgan fingerprint density at radius 1 is 1.26 bits per heavy atom. The summed E-state index contributed by atoms with van der Waals surface area (Å²) >= 11 is 0. The maximum Gasteiger partial charge on any atom is 0.320 e. The molecule has 5 nitrogen and oxygen atoms in total. The summed E-state index contributed by atoms with van der Waals surface area (Å²) in [6.07, 6.45) is 1.87. The molecule has 0 spiro atoms. The van der Waals surface area contributed by atoms with Crippen molar-refractivity contribution < 1.29 is 20.1 Å². The SMILES string of the molecule is NC(Cc1ccccc1)C(=O)O.OC1=C(O)C=CB1. The van der Waals surface area contributed by atoms with E-state index < -0.39 is 12.0 Å². The van der Waals surface area contributed by atoms with E-state index >= 15 is 0 Å². The third-order valence-corrected chi connectivity index (χ3v) is 2.50. The maximum atomic E-state index is 10.4. The highest BCUT2D eigenvalue weighted by Gasteiger charge is 2.10. The molecule has 0 fully saturated rings. The number of benzene rings is 1. The van der Waals surface area contributed by atoms with E-state index in [0.717, 1.165) is 5.56 Å². The summed E-state index contributed by atoms with van der Waals surface area (Å²) in [6.45, 7) is 0. The Morgan fingerprint density at radius 3 is 2.26 bits per heavy atom. The van der Waals surface area contributed by atoms with E-state index in [9.17, 15) is 4.79 Å². The molecule has 1 atom stereocenters. The number of carboxylic acid groups (broad SMARTS) is 1. The smallest absolute Gasteiger partial charge is 0.320 e. The highest BCUT2D eigenvalue weighted by atomic mass is 16.4. The lowest BCUT2D eigenvalue weighted by atomic mass is 9.80. The highest BCUT2D eigenvalue weighted by Crippen LogP contribution is 2.04. The van der Waals surface area contributed by atoms with Crippen LogP contribution in [0.15, 0.2) is 53.8 Å². The minimum Gasteiger partial charge on any atom is -0.519 e. The monoisotopic (exact) mass is 261 g/mol. The molecule has 1 aromatic carbocycles. The fourth-order valence-corrected chi connectivity index (χ4v) is 1.44. The molecule has 1 aliphatic rings. The second-order valence-corrected chi connectivity index (χ2v) is 4.07. The second-order valence-electron chi connectivity index (χ2n) is 4.07. The van der Waals surface area contributed by atoms with Gasteiger partial charge < -0.3 is 21.1 Å². The second kappa shape index (κ2) is 7.28. The molecule has 1 heterocycles. The van der Waals surface area contributed by atoms with Crippen LogP contribution in [0.2, 0.25) is 0 Å². The first-order valence-electron chi connectivity index (χ1n) is 5.80. The van der Waals surface area contributed by atoms with Crippen LogP contribution in [0.4, 0.5) is 0 Å². The van der Waals surface area contributed by atoms with Gasteiger partial charge in [0.1, 0.15) is 11.8 Å². The van der Waals surface area contributed by atoms with E-state index in [1.54, 1.807) is 5.98 Å². The van der Waals surface area contributed by atoms with Crippen molar-refractivity contribution in [3.8, 4) is 0 Å². The minimum atomic E-state index is -0.959. The molecule has 19 heavy (non-hydrogen) atoms. The number of carbonyl (C=O) groups is 1. The summed E-state index contributed by atoms with van der Waals surface area (Å²) in [6, 6.07) is 8.54. The van der Waals surface area contributed by atoms with Crippen LogP contribution in [0.25, 0.3) is 0 Å². The minimum absolute atomic E-state index is 0.000000000000000444. The first-order chi connectivity index (χ1) is 9.00. The standard InChI is InChI=1S/C9H11NO2.C4H5BO2/c10-8(9(11)12)6-7-4-2-1-3-5-7;6-3-1-2-5-4(3)7/h1-5,8H,6,10H2,(H,11,12);1-2,5-7H. The van der Waals surface area contributed by atoms with Gasteiger partial charge in [0.2, 0.25) is 7.28 Å². The molecule has 0 saturated carbocycles. The van der Waals surface area contributed by atoms with Crippen LogP contribution in [0.3, 0.4) is 0 Å². The van der Waals surface area contributed by atoms with E-state index in [-0.39, 0.29) is 11.4 Å². The molecule has 6 heteroatoms. The summed E-state index contributed by atoms with van der Waals surface area (Å²) in [4.78, 5) is 10.4. The Balaban J connectivity index is 0.000000218. The summed E-state index contributed by atoms with van der Waals surface area (Å²) < 4.78 is 0. The van der Waals surface area contributed by atoms with Crippen molar-refractivity contribution in [3.05, 3.63) is 59.4 Å². The number of carboxylic acids is 1. The van der Waals surface area contributed by atoms with Gasteiger partial charge >= 0.3 is 5.97 Å². The lowest BCUT2D eigenvalue weighted by molar-refractivity contribution is -0.138. The lowest BCUT2D eigenvalue weighted by Crippen LogP contribution is -2.32. The molecule has 2 rings (SSSR count). The van der Waals surface area contributed by atoms with Gasteiger partial charge in [0.25, 0.3) is 0 Å². The third kappa shape index (κ3) is 5.31. The molecule has 0 amide bonds. The first kappa shape index (κ1) is 14.9. The Hall–Kier alpha value is -2.21. The fraction of sp³-hybridized carbons (Fsp3) is 0.154. The molecule has 0 aliphatic carbocycles. The fourth-order valence-electron chi connectivity index (χ4n) is 1.44. The van der Waals surface area contributed by atoms with Crippen LogP contribution >= 0.6 is 0 Å². The zero-order valence-corrected chi connectivity index (χ0v) is 10.4. The van der Waals surface area contributed by atoms with Crippen LogP contribution in [-0.2, 0) is 11.2 Å². The lowest BCUT2D eigenvalue weighted by Gasteiger charge is -2.04. The number of aliphatic hydroxyl groups excluding tert-OH is 2. The molecule has 1 unspecified atom stereocenters.